The second-order valence-electron chi connectivity index (χ2n) is 7.99. The van der Waals surface area contributed by atoms with Crippen molar-refractivity contribution in [3.63, 3.8) is 0 Å². The summed E-state index contributed by atoms with van der Waals surface area (Å²) < 4.78 is 39.6. The predicted molar refractivity (Wildman–Crippen MR) is 137 cm³/mol. The average Bonchev–Trinajstić information content (AvgIpc) is 3.10. The zero-order valence-electron chi connectivity index (χ0n) is 19.4. The minimum atomic E-state index is -3.81. The van der Waals surface area contributed by atoms with E-state index in [9.17, 15) is 8.42 Å². The highest BCUT2D eigenvalue weighted by molar-refractivity contribution is 7.92. The molecule has 10 nitrogen and oxygen atoms in total. The standard InChI is InChI=1S/C25H24N6O4S/c1-17-27-24(16-25(28-17)30-23-5-2-3-12-26-23)29-18-6-8-19(9-7-18)31-36(32,33)20-10-11-21-22(15-20)35-14-4-13-34-21/h2-3,5-12,15-16,31H,4,13-14H2,1H3,(H2,26,27,28,29,30). The van der Waals surface area contributed by atoms with Gasteiger partial charge in [-0.1, -0.05) is 6.07 Å². The molecule has 0 saturated carbocycles. The maximum atomic E-state index is 12.9. The fraction of sp³-hybridized carbons (Fsp3) is 0.160. The summed E-state index contributed by atoms with van der Waals surface area (Å²) in [6.07, 6.45) is 2.44. The number of ether oxygens (including phenoxy) is 2. The molecule has 1 aliphatic rings. The Balaban J connectivity index is 1.28. The summed E-state index contributed by atoms with van der Waals surface area (Å²) in [6, 6.07) is 18.8. The molecule has 0 bridgehead atoms. The van der Waals surface area contributed by atoms with Gasteiger partial charge in [0.15, 0.2) is 11.5 Å². The molecule has 0 spiro atoms. The van der Waals surface area contributed by atoms with Crippen LogP contribution in [0, 0.1) is 6.92 Å². The molecule has 3 N–H and O–H groups in total. The van der Waals surface area contributed by atoms with E-state index >= 15 is 0 Å². The Morgan fingerprint density at radius 2 is 1.50 bits per heavy atom. The second-order valence-corrected chi connectivity index (χ2v) is 9.67. The van der Waals surface area contributed by atoms with Crippen LogP contribution in [0.2, 0.25) is 0 Å². The molecule has 3 heterocycles. The van der Waals surface area contributed by atoms with Crippen molar-refractivity contribution in [2.75, 3.05) is 28.6 Å². The first-order chi connectivity index (χ1) is 17.4. The van der Waals surface area contributed by atoms with Gasteiger partial charge in [0, 0.05) is 36.1 Å². The van der Waals surface area contributed by atoms with E-state index in [1.165, 1.54) is 12.1 Å². The maximum absolute atomic E-state index is 12.9. The van der Waals surface area contributed by atoms with Crippen LogP contribution in [-0.4, -0.2) is 36.6 Å². The lowest BCUT2D eigenvalue weighted by atomic mass is 10.3. The molecule has 36 heavy (non-hydrogen) atoms. The van der Waals surface area contributed by atoms with Crippen LogP contribution < -0.4 is 24.8 Å². The molecule has 0 saturated heterocycles. The molecular formula is C25H24N6O4S. The Kier molecular flexibility index (Phi) is 6.54. The quantitative estimate of drug-likeness (QED) is 0.330. The Bertz CT molecular complexity index is 1460. The molecular weight excluding hydrogens is 480 g/mol. The molecule has 4 aromatic rings. The van der Waals surface area contributed by atoms with Crippen molar-refractivity contribution in [2.24, 2.45) is 0 Å². The molecule has 0 unspecified atom stereocenters. The van der Waals surface area contributed by atoms with Crippen LogP contribution in [0.1, 0.15) is 12.2 Å². The van der Waals surface area contributed by atoms with Gasteiger partial charge in [-0.15, -0.1) is 0 Å². The predicted octanol–water partition coefficient (Wildman–Crippen LogP) is 4.63. The first-order valence-corrected chi connectivity index (χ1v) is 12.8. The van der Waals surface area contributed by atoms with E-state index < -0.39 is 10.0 Å². The Morgan fingerprint density at radius 3 is 2.25 bits per heavy atom. The molecule has 184 valence electrons. The van der Waals surface area contributed by atoms with Gasteiger partial charge in [-0.25, -0.2) is 23.4 Å². The number of rotatable bonds is 7. The number of aromatic nitrogens is 3. The van der Waals surface area contributed by atoms with Gasteiger partial charge in [-0.2, -0.15) is 0 Å². The van der Waals surface area contributed by atoms with Crippen molar-refractivity contribution in [3.05, 3.63) is 78.8 Å². The van der Waals surface area contributed by atoms with Crippen molar-refractivity contribution in [1.29, 1.82) is 0 Å². The molecule has 2 aromatic heterocycles. The van der Waals surface area contributed by atoms with Crippen LogP contribution in [0.15, 0.2) is 77.8 Å². The van der Waals surface area contributed by atoms with E-state index in [0.717, 1.165) is 12.1 Å². The van der Waals surface area contributed by atoms with Crippen molar-refractivity contribution >= 4 is 38.9 Å². The molecule has 0 amide bonds. The minimum Gasteiger partial charge on any atom is -0.490 e. The number of hydrogen-bond acceptors (Lipinski definition) is 9. The van der Waals surface area contributed by atoms with Gasteiger partial charge in [-0.05, 0) is 55.5 Å². The molecule has 11 heteroatoms. The summed E-state index contributed by atoms with van der Waals surface area (Å²) in [5.74, 6) is 3.40. The summed E-state index contributed by atoms with van der Waals surface area (Å²) in [5, 5.41) is 6.36. The number of benzene rings is 2. The summed E-state index contributed by atoms with van der Waals surface area (Å²) >= 11 is 0. The Labute approximate surface area is 208 Å². The van der Waals surface area contributed by atoms with Gasteiger partial charge in [0.2, 0.25) is 0 Å². The molecule has 5 rings (SSSR count). The summed E-state index contributed by atoms with van der Waals surface area (Å²) in [5.41, 5.74) is 1.15. The monoisotopic (exact) mass is 504 g/mol. The number of hydrogen-bond donors (Lipinski definition) is 3. The van der Waals surface area contributed by atoms with E-state index in [4.69, 9.17) is 9.47 Å². The normalized spacial score (nSPS) is 12.9. The van der Waals surface area contributed by atoms with Crippen molar-refractivity contribution in [3.8, 4) is 11.5 Å². The number of aryl methyl sites for hydroxylation is 1. The molecule has 0 aliphatic carbocycles. The van der Waals surface area contributed by atoms with E-state index in [1.807, 2.05) is 18.2 Å². The van der Waals surface area contributed by atoms with Crippen molar-refractivity contribution in [1.82, 2.24) is 15.0 Å². The third-order valence-corrected chi connectivity index (χ3v) is 6.58. The maximum Gasteiger partial charge on any atom is 0.262 e. The van der Waals surface area contributed by atoms with Crippen LogP contribution >= 0.6 is 0 Å². The fourth-order valence-corrected chi connectivity index (χ4v) is 4.63. The van der Waals surface area contributed by atoms with Gasteiger partial charge in [0.25, 0.3) is 10.0 Å². The lowest BCUT2D eigenvalue weighted by Crippen LogP contribution is -2.13. The van der Waals surface area contributed by atoms with Crippen molar-refractivity contribution in [2.45, 2.75) is 18.2 Å². The van der Waals surface area contributed by atoms with Crippen LogP contribution in [0.5, 0.6) is 11.5 Å². The van der Waals surface area contributed by atoms with Crippen molar-refractivity contribution < 1.29 is 17.9 Å². The zero-order chi connectivity index (χ0) is 25.0. The van der Waals surface area contributed by atoms with E-state index in [-0.39, 0.29) is 4.90 Å². The third-order valence-electron chi connectivity index (χ3n) is 5.20. The Hall–Kier alpha value is -4.38. The SMILES string of the molecule is Cc1nc(Nc2ccc(NS(=O)(=O)c3ccc4c(c3)OCCCO4)cc2)cc(Nc2ccccn2)n1. The fourth-order valence-electron chi connectivity index (χ4n) is 3.56. The number of fused-ring (bicyclic) bond motifs is 1. The van der Waals surface area contributed by atoms with Gasteiger partial charge in [0.1, 0.15) is 23.3 Å². The van der Waals surface area contributed by atoms with E-state index in [1.54, 1.807) is 49.5 Å². The topological polar surface area (TPSA) is 127 Å². The highest BCUT2D eigenvalue weighted by Gasteiger charge is 2.19. The number of pyridine rings is 1. The lowest BCUT2D eigenvalue weighted by molar-refractivity contribution is 0.297. The number of anilines is 5. The smallest absolute Gasteiger partial charge is 0.262 e. The first-order valence-electron chi connectivity index (χ1n) is 11.3. The van der Waals surface area contributed by atoms with Crippen LogP contribution in [0.3, 0.4) is 0 Å². The first kappa shape index (κ1) is 23.4. The van der Waals surface area contributed by atoms with Gasteiger partial charge in [0.05, 0.1) is 18.1 Å². The molecule has 0 fully saturated rings. The van der Waals surface area contributed by atoms with Crippen LogP contribution in [-0.2, 0) is 10.0 Å². The van der Waals surface area contributed by atoms with E-state index in [0.29, 0.717) is 53.7 Å². The number of nitrogens with one attached hydrogen (secondary N) is 3. The Morgan fingerprint density at radius 1 is 0.778 bits per heavy atom. The summed E-state index contributed by atoms with van der Waals surface area (Å²) in [7, 11) is -3.81. The number of sulfonamides is 1. The highest BCUT2D eigenvalue weighted by atomic mass is 32.2. The highest BCUT2D eigenvalue weighted by Crippen LogP contribution is 2.32. The van der Waals surface area contributed by atoms with Gasteiger partial charge < -0.3 is 20.1 Å². The van der Waals surface area contributed by atoms with Crippen LogP contribution in [0.4, 0.5) is 28.8 Å². The summed E-state index contributed by atoms with van der Waals surface area (Å²) in [4.78, 5) is 13.1. The number of nitrogens with zero attached hydrogens (tertiary/aromatic N) is 3. The third kappa shape index (κ3) is 5.63. The molecule has 0 atom stereocenters. The second kappa shape index (κ2) is 10.1. The zero-order valence-corrected chi connectivity index (χ0v) is 20.2. The largest absolute Gasteiger partial charge is 0.490 e. The summed E-state index contributed by atoms with van der Waals surface area (Å²) in [6.45, 7) is 2.81. The van der Waals surface area contributed by atoms with E-state index in [2.05, 4.69) is 30.3 Å². The molecule has 2 aromatic carbocycles. The molecule has 0 radical (unpaired) electrons. The van der Waals surface area contributed by atoms with Gasteiger partial charge >= 0.3 is 0 Å². The van der Waals surface area contributed by atoms with Gasteiger partial charge in [-0.3, -0.25) is 4.72 Å². The lowest BCUT2D eigenvalue weighted by Gasteiger charge is -2.13. The molecule has 1 aliphatic heterocycles. The van der Waals surface area contributed by atoms with Crippen LogP contribution in [0.25, 0.3) is 0 Å². The average molecular weight is 505 g/mol. The minimum absolute atomic E-state index is 0.0957.